The minimum absolute atomic E-state index is 0.211. The number of carbonyl (C=O) groups is 1. The molecule has 2 aromatic rings. The molecule has 0 bridgehead atoms. The summed E-state index contributed by atoms with van der Waals surface area (Å²) in [5.74, 6) is 0.958. The molecule has 7 heteroatoms. The van der Waals surface area contributed by atoms with Gasteiger partial charge >= 0.3 is 6.03 Å². The number of urea groups is 1. The molecule has 1 atom stereocenters. The highest BCUT2D eigenvalue weighted by molar-refractivity contribution is 5.73. The fourth-order valence-corrected chi connectivity index (χ4v) is 2.55. The van der Waals surface area contributed by atoms with E-state index < -0.39 is 6.10 Å². The second kappa shape index (κ2) is 9.02. The summed E-state index contributed by atoms with van der Waals surface area (Å²) in [5.41, 5.74) is 0.935. The largest absolute Gasteiger partial charge is 0.391 e. The molecule has 0 saturated heterocycles. The second-order valence-corrected chi connectivity index (χ2v) is 5.70. The van der Waals surface area contributed by atoms with Gasteiger partial charge in [0.1, 0.15) is 12.1 Å². The fourth-order valence-electron chi connectivity index (χ4n) is 2.55. The SMILES string of the molecule is CCC(CC)C(O)CNC(=O)NCc1ccnc(-n2ccnc2)c1. The maximum Gasteiger partial charge on any atom is 0.315 e. The van der Waals surface area contributed by atoms with E-state index in [1.165, 1.54) is 0 Å². The van der Waals surface area contributed by atoms with Crippen molar-refractivity contribution in [1.82, 2.24) is 25.2 Å². The van der Waals surface area contributed by atoms with E-state index >= 15 is 0 Å². The molecule has 2 amide bonds. The van der Waals surface area contributed by atoms with Crippen LogP contribution in [0.1, 0.15) is 32.3 Å². The summed E-state index contributed by atoms with van der Waals surface area (Å²) in [6, 6.07) is 3.45. The zero-order valence-electron chi connectivity index (χ0n) is 14.1. The van der Waals surface area contributed by atoms with E-state index in [0.717, 1.165) is 24.2 Å². The van der Waals surface area contributed by atoms with E-state index in [-0.39, 0.29) is 18.5 Å². The maximum atomic E-state index is 11.9. The molecule has 0 aliphatic carbocycles. The number of hydrogen-bond acceptors (Lipinski definition) is 4. The highest BCUT2D eigenvalue weighted by Gasteiger charge is 2.16. The first kappa shape index (κ1) is 17.9. The highest BCUT2D eigenvalue weighted by atomic mass is 16.3. The Morgan fingerprint density at radius 1 is 1.29 bits per heavy atom. The van der Waals surface area contributed by atoms with Gasteiger partial charge in [0.25, 0.3) is 0 Å². The van der Waals surface area contributed by atoms with E-state index in [0.29, 0.717) is 6.54 Å². The van der Waals surface area contributed by atoms with Gasteiger partial charge < -0.3 is 15.7 Å². The molecule has 2 rings (SSSR count). The van der Waals surface area contributed by atoms with Crippen LogP contribution in [0.2, 0.25) is 0 Å². The van der Waals surface area contributed by atoms with E-state index in [9.17, 15) is 9.90 Å². The molecule has 0 aliphatic heterocycles. The van der Waals surface area contributed by atoms with Crippen LogP contribution >= 0.6 is 0 Å². The molecular formula is C17H25N5O2. The van der Waals surface area contributed by atoms with Crippen molar-refractivity contribution in [2.75, 3.05) is 6.54 Å². The number of nitrogens with one attached hydrogen (secondary N) is 2. The molecule has 2 aromatic heterocycles. The average molecular weight is 331 g/mol. The van der Waals surface area contributed by atoms with Crippen molar-refractivity contribution >= 4 is 6.03 Å². The maximum absolute atomic E-state index is 11.9. The highest BCUT2D eigenvalue weighted by Crippen LogP contribution is 2.12. The van der Waals surface area contributed by atoms with Crippen LogP contribution in [0.25, 0.3) is 5.82 Å². The zero-order chi connectivity index (χ0) is 17.4. The predicted octanol–water partition coefficient (Wildman–Crippen LogP) is 1.86. The number of aromatic nitrogens is 3. The lowest BCUT2D eigenvalue weighted by atomic mass is 9.97. The fraction of sp³-hybridized carbons (Fsp3) is 0.471. The Bertz CT molecular complexity index is 626. The number of nitrogens with zero attached hydrogens (tertiary/aromatic N) is 3. The standard InChI is InChI=1S/C17H25N5O2/c1-3-14(4-2)15(23)11-21-17(24)20-10-13-5-6-19-16(9-13)22-8-7-18-12-22/h5-9,12,14-15,23H,3-4,10-11H2,1-2H3,(H2,20,21,24). The Balaban J connectivity index is 1.81. The van der Waals surface area contributed by atoms with Gasteiger partial charge in [-0.05, 0) is 23.6 Å². The molecule has 0 aromatic carbocycles. The van der Waals surface area contributed by atoms with E-state index in [4.69, 9.17) is 0 Å². The number of aliphatic hydroxyl groups excluding tert-OH is 1. The smallest absolute Gasteiger partial charge is 0.315 e. The summed E-state index contributed by atoms with van der Waals surface area (Å²) in [6.07, 6.45) is 8.15. The van der Waals surface area contributed by atoms with Crippen molar-refractivity contribution in [3.8, 4) is 5.82 Å². The van der Waals surface area contributed by atoms with Gasteiger partial charge in [-0.2, -0.15) is 0 Å². The molecule has 0 spiro atoms. The second-order valence-electron chi connectivity index (χ2n) is 5.70. The summed E-state index contributed by atoms with van der Waals surface area (Å²) in [5, 5.41) is 15.5. The van der Waals surface area contributed by atoms with E-state index in [1.54, 1.807) is 23.3 Å². The normalized spacial score (nSPS) is 12.2. The molecule has 1 unspecified atom stereocenters. The number of rotatable bonds is 8. The molecule has 0 fully saturated rings. The van der Waals surface area contributed by atoms with Crippen LogP contribution in [0.4, 0.5) is 4.79 Å². The summed E-state index contributed by atoms with van der Waals surface area (Å²) < 4.78 is 1.80. The van der Waals surface area contributed by atoms with Gasteiger partial charge in [0.15, 0.2) is 0 Å². The van der Waals surface area contributed by atoms with Crippen LogP contribution < -0.4 is 10.6 Å². The first-order chi connectivity index (χ1) is 11.6. The first-order valence-electron chi connectivity index (χ1n) is 8.27. The lowest BCUT2D eigenvalue weighted by Gasteiger charge is -2.20. The lowest BCUT2D eigenvalue weighted by molar-refractivity contribution is 0.103. The van der Waals surface area contributed by atoms with Crippen LogP contribution in [-0.4, -0.2) is 38.3 Å². The van der Waals surface area contributed by atoms with Gasteiger partial charge in [0, 0.05) is 31.7 Å². The summed E-state index contributed by atoms with van der Waals surface area (Å²) in [7, 11) is 0. The van der Waals surface area contributed by atoms with Crippen molar-refractivity contribution < 1.29 is 9.90 Å². The lowest BCUT2D eigenvalue weighted by Crippen LogP contribution is -2.41. The minimum atomic E-state index is -0.514. The third kappa shape index (κ3) is 5.06. The summed E-state index contributed by atoms with van der Waals surface area (Å²) >= 11 is 0. The molecular weight excluding hydrogens is 306 g/mol. The molecule has 0 aliphatic rings. The van der Waals surface area contributed by atoms with E-state index in [2.05, 4.69) is 20.6 Å². The van der Waals surface area contributed by atoms with Crippen LogP contribution in [0.15, 0.2) is 37.1 Å². The third-order valence-corrected chi connectivity index (χ3v) is 4.10. The van der Waals surface area contributed by atoms with Gasteiger partial charge in [-0.1, -0.05) is 26.7 Å². The Hall–Kier alpha value is -2.41. The van der Waals surface area contributed by atoms with Crippen LogP contribution in [0.3, 0.4) is 0 Å². The summed E-state index contributed by atoms with van der Waals surface area (Å²) in [4.78, 5) is 20.1. The van der Waals surface area contributed by atoms with Crippen molar-refractivity contribution in [1.29, 1.82) is 0 Å². The zero-order valence-corrected chi connectivity index (χ0v) is 14.1. The van der Waals surface area contributed by atoms with E-state index in [1.807, 2.05) is 32.2 Å². The molecule has 24 heavy (non-hydrogen) atoms. The quantitative estimate of drug-likeness (QED) is 0.688. The summed E-state index contributed by atoms with van der Waals surface area (Å²) in [6.45, 7) is 4.73. The predicted molar refractivity (Wildman–Crippen MR) is 91.7 cm³/mol. The van der Waals surface area contributed by atoms with Gasteiger partial charge in [-0.3, -0.25) is 4.57 Å². The number of aliphatic hydroxyl groups is 1. The van der Waals surface area contributed by atoms with Crippen LogP contribution in [0, 0.1) is 5.92 Å². The Labute approximate surface area is 142 Å². The van der Waals surface area contributed by atoms with Gasteiger partial charge in [-0.25, -0.2) is 14.8 Å². The molecule has 7 nitrogen and oxygen atoms in total. The molecule has 0 radical (unpaired) electrons. The number of carbonyl (C=O) groups excluding carboxylic acids is 1. The third-order valence-electron chi connectivity index (χ3n) is 4.10. The number of pyridine rings is 1. The first-order valence-corrected chi connectivity index (χ1v) is 8.27. The van der Waals surface area contributed by atoms with Crippen molar-refractivity contribution in [3.63, 3.8) is 0 Å². The van der Waals surface area contributed by atoms with Crippen molar-refractivity contribution in [2.45, 2.75) is 39.3 Å². The topological polar surface area (TPSA) is 92.1 Å². The number of imidazole rings is 1. The number of hydrogen-bond donors (Lipinski definition) is 3. The van der Waals surface area contributed by atoms with Gasteiger partial charge in [-0.15, -0.1) is 0 Å². The minimum Gasteiger partial charge on any atom is -0.391 e. The van der Waals surface area contributed by atoms with Crippen LogP contribution in [0.5, 0.6) is 0 Å². The van der Waals surface area contributed by atoms with Crippen molar-refractivity contribution in [3.05, 3.63) is 42.6 Å². The van der Waals surface area contributed by atoms with Crippen LogP contribution in [-0.2, 0) is 6.54 Å². The average Bonchev–Trinajstić information content (AvgIpc) is 3.14. The number of amides is 2. The molecule has 3 N–H and O–H groups in total. The molecule has 130 valence electrons. The molecule has 0 saturated carbocycles. The Morgan fingerprint density at radius 3 is 2.75 bits per heavy atom. The Morgan fingerprint density at radius 2 is 2.08 bits per heavy atom. The molecule has 2 heterocycles. The Kier molecular flexibility index (Phi) is 6.74. The van der Waals surface area contributed by atoms with Gasteiger partial charge in [0.05, 0.1) is 6.10 Å². The monoisotopic (exact) mass is 331 g/mol. The van der Waals surface area contributed by atoms with Gasteiger partial charge in [0.2, 0.25) is 0 Å². The van der Waals surface area contributed by atoms with Crippen molar-refractivity contribution in [2.24, 2.45) is 5.92 Å².